The second kappa shape index (κ2) is 6.40. The van der Waals surface area contributed by atoms with E-state index in [1.807, 2.05) is 0 Å². The van der Waals surface area contributed by atoms with E-state index in [0.717, 1.165) is 38.8 Å². The number of hydrogen-bond acceptors (Lipinski definition) is 4. The van der Waals surface area contributed by atoms with Crippen LogP contribution < -0.4 is 15.8 Å². The van der Waals surface area contributed by atoms with Gasteiger partial charge >= 0.3 is 0 Å². The van der Waals surface area contributed by atoms with E-state index in [4.69, 9.17) is 0 Å². The minimum atomic E-state index is -0.00794. The molecule has 0 saturated carbocycles. The Morgan fingerprint density at radius 2 is 1.92 bits per heavy atom. The van der Waals surface area contributed by atoms with E-state index in [1.165, 1.54) is 11.1 Å². The molecule has 1 aromatic carbocycles. The molecule has 0 spiro atoms. The van der Waals surface area contributed by atoms with Gasteiger partial charge in [0.25, 0.3) is 5.56 Å². The van der Waals surface area contributed by atoms with Crippen LogP contribution in [0.1, 0.15) is 24.0 Å². The SMILES string of the molecule is Cn1ccnc(N2CCC[C@@H](NC3Cc4ccccc4C3)C2)c1=O. The van der Waals surface area contributed by atoms with Gasteiger partial charge in [-0.15, -0.1) is 0 Å². The summed E-state index contributed by atoms with van der Waals surface area (Å²) in [5, 5.41) is 3.82. The molecular weight excluding hydrogens is 300 g/mol. The minimum Gasteiger partial charge on any atom is -0.350 e. The molecule has 1 atom stereocenters. The van der Waals surface area contributed by atoms with Crippen molar-refractivity contribution in [2.24, 2.45) is 7.05 Å². The number of anilines is 1. The average Bonchev–Trinajstić information content (AvgIpc) is 3.00. The summed E-state index contributed by atoms with van der Waals surface area (Å²) >= 11 is 0. The molecule has 5 nitrogen and oxygen atoms in total. The smallest absolute Gasteiger partial charge is 0.293 e. The van der Waals surface area contributed by atoms with Gasteiger partial charge in [0.2, 0.25) is 0 Å². The van der Waals surface area contributed by atoms with Crippen LogP contribution in [0.5, 0.6) is 0 Å². The Morgan fingerprint density at radius 1 is 1.17 bits per heavy atom. The summed E-state index contributed by atoms with van der Waals surface area (Å²) in [5.74, 6) is 0.584. The maximum Gasteiger partial charge on any atom is 0.293 e. The Labute approximate surface area is 142 Å². The maximum absolute atomic E-state index is 12.3. The number of rotatable bonds is 3. The lowest BCUT2D eigenvalue weighted by Gasteiger charge is -2.35. The lowest BCUT2D eigenvalue weighted by atomic mass is 10.0. The predicted molar refractivity (Wildman–Crippen MR) is 95.5 cm³/mol. The Kier molecular flexibility index (Phi) is 4.10. The first kappa shape index (κ1) is 15.4. The van der Waals surface area contributed by atoms with Crippen LogP contribution in [0.3, 0.4) is 0 Å². The van der Waals surface area contributed by atoms with Crippen molar-refractivity contribution in [1.82, 2.24) is 14.9 Å². The molecule has 4 rings (SSSR count). The van der Waals surface area contributed by atoms with Gasteiger partial charge in [0.05, 0.1) is 0 Å². The van der Waals surface area contributed by atoms with Gasteiger partial charge in [0, 0.05) is 44.6 Å². The van der Waals surface area contributed by atoms with Gasteiger partial charge < -0.3 is 14.8 Å². The van der Waals surface area contributed by atoms with Crippen LogP contribution in [0, 0.1) is 0 Å². The standard InChI is InChI=1S/C19H24N4O/c1-22-10-8-20-18(19(22)24)23-9-4-7-16(13-23)21-17-11-14-5-2-3-6-15(14)12-17/h2-3,5-6,8,10,16-17,21H,4,7,9,11-13H2,1H3/t16-/m1/s1. The molecule has 0 radical (unpaired) electrons. The summed E-state index contributed by atoms with van der Waals surface area (Å²) in [7, 11) is 1.78. The molecule has 1 fully saturated rings. The number of fused-ring (bicyclic) bond motifs is 1. The summed E-state index contributed by atoms with van der Waals surface area (Å²) in [6.07, 6.45) is 7.90. The Bertz CT molecular complexity index is 760. The van der Waals surface area contributed by atoms with Crippen molar-refractivity contribution < 1.29 is 0 Å². The molecule has 1 aliphatic heterocycles. The quantitative estimate of drug-likeness (QED) is 0.930. The molecule has 2 heterocycles. The molecule has 1 N–H and O–H groups in total. The first-order chi connectivity index (χ1) is 11.7. The van der Waals surface area contributed by atoms with Crippen LogP contribution in [0.2, 0.25) is 0 Å². The van der Waals surface area contributed by atoms with Gasteiger partial charge in [-0.05, 0) is 36.8 Å². The number of piperidine rings is 1. The number of hydrogen-bond donors (Lipinski definition) is 1. The van der Waals surface area contributed by atoms with Crippen molar-refractivity contribution >= 4 is 5.82 Å². The highest BCUT2D eigenvalue weighted by Crippen LogP contribution is 2.23. The zero-order chi connectivity index (χ0) is 16.5. The summed E-state index contributed by atoms with van der Waals surface area (Å²) in [5.41, 5.74) is 2.94. The Morgan fingerprint density at radius 3 is 2.67 bits per heavy atom. The van der Waals surface area contributed by atoms with Gasteiger partial charge in [0.1, 0.15) is 0 Å². The van der Waals surface area contributed by atoms with E-state index in [1.54, 1.807) is 24.0 Å². The fourth-order valence-electron chi connectivity index (χ4n) is 4.02. The maximum atomic E-state index is 12.3. The normalized spacial score (nSPS) is 21.0. The van der Waals surface area contributed by atoms with Crippen molar-refractivity contribution in [2.75, 3.05) is 18.0 Å². The van der Waals surface area contributed by atoms with E-state index < -0.39 is 0 Å². The molecule has 126 valence electrons. The Balaban J connectivity index is 1.43. The molecule has 5 heteroatoms. The molecule has 1 aromatic heterocycles. The van der Waals surface area contributed by atoms with Crippen molar-refractivity contribution in [2.45, 2.75) is 37.8 Å². The fourth-order valence-corrected chi connectivity index (χ4v) is 4.02. The zero-order valence-electron chi connectivity index (χ0n) is 14.1. The molecule has 0 unspecified atom stereocenters. The third kappa shape index (κ3) is 2.96. The first-order valence-electron chi connectivity index (χ1n) is 8.80. The number of aromatic nitrogens is 2. The number of nitrogens with zero attached hydrogens (tertiary/aromatic N) is 3. The average molecular weight is 324 g/mol. The van der Waals surface area contributed by atoms with Crippen molar-refractivity contribution in [3.63, 3.8) is 0 Å². The number of nitrogens with one attached hydrogen (secondary N) is 1. The lowest BCUT2D eigenvalue weighted by molar-refractivity contribution is 0.376. The van der Waals surface area contributed by atoms with Gasteiger partial charge in [0.15, 0.2) is 5.82 Å². The van der Waals surface area contributed by atoms with Gasteiger partial charge in [-0.1, -0.05) is 24.3 Å². The van der Waals surface area contributed by atoms with E-state index in [0.29, 0.717) is 17.9 Å². The molecule has 1 aliphatic carbocycles. The van der Waals surface area contributed by atoms with E-state index in [9.17, 15) is 4.79 Å². The number of aryl methyl sites for hydroxylation is 1. The monoisotopic (exact) mass is 324 g/mol. The van der Waals surface area contributed by atoms with Crippen LogP contribution >= 0.6 is 0 Å². The third-order valence-corrected chi connectivity index (χ3v) is 5.24. The molecule has 0 bridgehead atoms. The predicted octanol–water partition coefficient (Wildman–Crippen LogP) is 1.51. The lowest BCUT2D eigenvalue weighted by Crippen LogP contribution is -2.51. The molecule has 24 heavy (non-hydrogen) atoms. The van der Waals surface area contributed by atoms with Crippen molar-refractivity contribution in [1.29, 1.82) is 0 Å². The Hall–Kier alpha value is -2.14. The number of benzene rings is 1. The van der Waals surface area contributed by atoms with Crippen LogP contribution in [-0.4, -0.2) is 34.7 Å². The van der Waals surface area contributed by atoms with Crippen molar-refractivity contribution in [3.05, 3.63) is 58.1 Å². The largest absolute Gasteiger partial charge is 0.350 e. The van der Waals surface area contributed by atoms with Gasteiger partial charge in [-0.25, -0.2) is 4.98 Å². The summed E-state index contributed by atoms with van der Waals surface area (Å²) in [6.45, 7) is 1.77. The minimum absolute atomic E-state index is 0.00794. The van der Waals surface area contributed by atoms with Crippen molar-refractivity contribution in [3.8, 4) is 0 Å². The fraction of sp³-hybridized carbons (Fsp3) is 0.474. The van der Waals surface area contributed by atoms with E-state index >= 15 is 0 Å². The van der Waals surface area contributed by atoms with Crippen LogP contribution in [0.4, 0.5) is 5.82 Å². The van der Waals surface area contributed by atoms with Crippen LogP contribution in [-0.2, 0) is 19.9 Å². The molecule has 2 aromatic rings. The summed E-state index contributed by atoms with van der Waals surface area (Å²) < 4.78 is 1.60. The summed E-state index contributed by atoms with van der Waals surface area (Å²) in [6, 6.07) is 9.66. The highest BCUT2D eigenvalue weighted by atomic mass is 16.1. The second-order valence-corrected chi connectivity index (χ2v) is 6.99. The topological polar surface area (TPSA) is 50.2 Å². The molecule has 0 amide bonds. The van der Waals surface area contributed by atoms with E-state index in [2.05, 4.69) is 39.5 Å². The highest BCUT2D eigenvalue weighted by molar-refractivity contribution is 5.37. The molecule has 2 aliphatic rings. The molecular formula is C19H24N4O. The third-order valence-electron chi connectivity index (χ3n) is 5.24. The van der Waals surface area contributed by atoms with Crippen LogP contribution in [0.15, 0.2) is 41.5 Å². The highest BCUT2D eigenvalue weighted by Gasteiger charge is 2.27. The molecule has 1 saturated heterocycles. The van der Waals surface area contributed by atoms with Gasteiger partial charge in [-0.2, -0.15) is 0 Å². The first-order valence-corrected chi connectivity index (χ1v) is 8.80. The van der Waals surface area contributed by atoms with Crippen LogP contribution in [0.25, 0.3) is 0 Å². The zero-order valence-corrected chi connectivity index (χ0v) is 14.1. The summed E-state index contributed by atoms with van der Waals surface area (Å²) in [4.78, 5) is 18.8. The van der Waals surface area contributed by atoms with Gasteiger partial charge in [-0.3, -0.25) is 4.79 Å². The second-order valence-electron chi connectivity index (χ2n) is 6.99. The van der Waals surface area contributed by atoms with E-state index in [-0.39, 0.29) is 5.56 Å².